The van der Waals surface area contributed by atoms with Crippen LogP contribution in [-0.2, 0) is 0 Å². The van der Waals surface area contributed by atoms with Gasteiger partial charge in [0.1, 0.15) is 0 Å². The predicted molar refractivity (Wildman–Crippen MR) is 47.6 cm³/mol. The maximum Gasteiger partial charge on any atom is 0.0405 e. The molecule has 0 saturated heterocycles. The Morgan fingerprint density at radius 2 is 2.00 bits per heavy atom. The Morgan fingerprint density at radius 1 is 1.50 bits per heavy atom. The summed E-state index contributed by atoms with van der Waals surface area (Å²) in [4.78, 5) is 0. The SMILES string of the molecule is CCNC(C)(CCl)C(C)C. The zero-order valence-electron chi connectivity index (χ0n) is 7.37. The third-order valence-corrected chi connectivity index (χ3v) is 2.69. The van der Waals surface area contributed by atoms with Crippen LogP contribution in [0, 0.1) is 5.92 Å². The molecule has 62 valence electrons. The van der Waals surface area contributed by atoms with E-state index in [2.05, 4.69) is 33.0 Å². The van der Waals surface area contributed by atoms with E-state index in [1.54, 1.807) is 0 Å². The van der Waals surface area contributed by atoms with Crippen molar-refractivity contribution < 1.29 is 0 Å². The van der Waals surface area contributed by atoms with Crippen molar-refractivity contribution in [3.8, 4) is 0 Å². The van der Waals surface area contributed by atoms with Gasteiger partial charge in [-0.2, -0.15) is 0 Å². The molecule has 0 aromatic carbocycles. The van der Waals surface area contributed by atoms with Gasteiger partial charge in [-0.15, -0.1) is 11.6 Å². The van der Waals surface area contributed by atoms with Crippen molar-refractivity contribution in [3.63, 3.8) is 0 Å². The number of hydrogen-bond donors (Lipinski definition) is 1. The van der Waals surface area contributed by atoms with Gasteiger partial charge in [-0.25, -0.2) is 0 Å². The van der Waals surface area contributed by atoms with E-state index in [1.807, 2.05) is 0 Å². The lowest BCUT2D eigenvalue weighted by Crippen LogP contribution is -2.48. The fraction of sp³-hybridized carbons (Fsp3) is 1.00. The molecule has 10 heavy (non-hydrogen) atoms. The third kappa shape index (κ3) is 2.47. The van der Waals surface area contributed by atoms with Gasteiger partial charge in [0, 0.05) is 11.4 Å². The van der Waals surface area contributed by atoms with Crippen molar-refractivity contribution in [2.75, 3.05) is 12.4 Å². The van der Waals surface area contributed by atoms with Gasteiger partial charge in [0.25, 0.3) is 0 Å². The van der Waals surface area contributed by atoms with E-state index >= 15 is 0 Å². The van der Waals surface area contributed by atoms with Crippen molar-refractivity contribution in [1.82, 2.24) is 5.32 Å². The van der Waals surface area contributed by atoms with E-state index in [-0.39, 0.29) is 5.54 Å². The molecule has 0 amide bonds. The lowest BCUT2D eigenvalue weighted by Gasteiger charge is -2.32. The molecule has 0 aromatic rings. The van der Waals surface area contributed by atoms with E-state index in [0.717, 1.165) is 6.54 Å². The zero-order chi connectivity index (χ0) is 8.20. The zero-order valence-corrected chi connectivity index (χ0v) is 8.13. The second kappa shape index (κ2) is 4.20. The molecule has 0 aliphatic carbocycles. The fourth-order valence-electron chi connectivity index (χ4n) is 0.810. The molecular formula is C8H18ClN. The summed E-state index contributed by atoms with van der Waals surface area (Å²) >= 11 is 5.82. The predicted octanol–water partition coefficient (Wildman–Crippen LogP) is 2.25. The number of nitrogens with one attached hydrogen (secondary N) is 1. The first-order valence-corrected chi connectivity index (χ1v) is 4.41. The van der Waals surface area contributed by atoms with Gasteiger partial charge >= 0.3 is 0 Å². The molecule has 0 aliphatic heterocycles. The molecule has 1 unspecified atom stereocenters. The van der Waals surface area contributed by atoms with E-state index in [4.69, 9.17) is 11.6 Å². The number of halogens is 1. The Labute approximate surface area is 69.1 Å². The summed E-state index contributed by atoms with van der Waals surface area (Å²) in [7, 11) is 0. The van der Waals surface area contributed by atoms with Crippen molar-refractivity contribution in [1.29, 1.82) is 0 Å². The van der Waals surface area contributed by atoms with Crippen LogP contribution in [0.25, 0.3) is 0 Å². The molecule has 0 radical (unpaired) electrons. The first-order valence-electron chi connectivity index (χ1n) is 3.87. The largest absolute Gasteiger partial charge is 0.310 e. The van der Waals surface area contributed by atoms with Gasteiger partial charge in [0.15, 0.2) is 0 Å². The summed E-state index contributed by atoms with van der Waals surface area (Å²) in [6.45, 7) is 9.62. The lowest BCUT2D eigenvalue weighted by molar-refractivity contribution is 0.299. The van der Waals surface area contributed by atoms with Gasteiger partial charge < -0.3 is 5.32 Å². The molecule has 1 N–H and O–H groups in total. The summed E-state index contributed by atoms with van der Waals surface area (Å²) in [5, 5.41) is 3.38. The van der Waals surface area contributed by atoms with E-state index in [0.29, 0.717) is 11.8 Å². The molecule has 0 aromatic heterocycles. The van der Waals surface area contributed by atoms with Crippen LogP contribution in [0.4, 0.5) is 0 Å². The maximum atomic E-state index is 5.82. The molecule has 0 aliphatic rings. The molecule has 0 bridgehead atoms. The fourth-order valence-corrected chi connectivity index (χ4v) is 1.21. The minimum Gasteiger partial charge on any atom is -0.310 e. The Bertz CT molecular complexity index is 93.3. The summed E-state index contributed by atoms with van der Waals surface area (Å²) < 4.78 is 0. The number of rotatable bonds is 4. The first-order chi connectivity index (χ1) is 4.56. The van der Waals surface area contributed by atoms with Crippen molar-refractivity contribution >= 4 is 11.6 Å². The van der Waals surface area contributed by atoms with E-state index in [9.17, 15) is 0 Å². The van der Waals surface area contributed by atoms with Crippen LogP contribution in [-0.4, -0.2) is 18.0 Å². The highest BCUT2D eigenvalue weighted by Crippen LogP contribution is 2.17. The highest BCUT2D eigenvalue weighted by Gasteiger charge is 2.25. The maximum absolute atomic E-state index is 5.82. The van der Waals surface area contributed by atoms with Gasteiger partial charge in [-0.3, -0.25) is 0 Å². The average Bonchev–Trinajstić information content (AvgIpc) is 1.88. The molecular weight excluding hydrogens is 146 g/mol. The normalized spacial score (nSPS) is 17.4. The van der Waals surface area contributed by atoms with Gasteiger partial charge in [0.05, 0.1) is 0 Å². The summed E-state index contributed by atoms with van der Waals surface area (Å²) in [5.41, 5.74) is 0.107. The molecule has 1 nitrogen and oxygen atoms in total. The van der Waals surface area contributed by atoms with E-state index < -0.39 is 0 Å². The van der Waals surface area contributed by atoms with Crippen molar-refractivity contribution in [2.45, 2.75) is 33.2 Å². The Balaban J connectivity index is 3.94. The van der Waals surface area contributed by atoms with Crippen molar-refractivity contribution in [3.05, 3.63) is 0 Å². The lowest BCUT2D eigenvalue weighted by atomic mass is 9.90. The second-order valence-corrected chi connectivity index (χ2v) is 3.50. The molecule has 0 fully saturated rings. The summed E-state index contributed by atoms with van der Waals surface area (Å²) in [6.07, 6.45) is 0. The monoisotopic (exact) mass is 163 g/mol. The van der Waals surface area contributed by atoms with E-state index in [1.165, 1.54) is 0 Å². The Kier molecular flexibility index (Phi) is 4.30. The van der Waals surface area contributed by atoms with Crippen molar-refractivity contribution in [2.24, 2.45) is 5.92 Å². The van der Waals surface area contributed by atoms with Crippen LogP contribution in [0.15, 0.2) is 0 Å². The van der Waals surface area contributed by atoms with Crippen LogP contribution in [0.2, 0.25) is 0 Å². The minimum absolute atomic E-state index is 0.107. The average molecular weight is 164 g/mol. The van der Waals surface area contributed by atoms with Crippen LogP contribution in [0.3, 0.4) is 0 Å². The third-order valence-electron chi connectivity index (χ3n) is 2.13. The summed E-state index contributed by atoms with van der Waals surface area (Å²) in [6, 6.07) is 0. The molecule has 0 spiro atoms. The highest BCUT2D eigenvalue weighted by atomic mass is 35.5. The first kappa shape index (κ1) is 10.2. The van der Waals surface area contributed by atoms with Gasteiger partial charge in [0.2, 0.25) is 0 Å². The molecule has 2 heteroatoms. The topological polar surface area (TPSA) is 12.0 Å². The molecule has 0 saturated carbocycles. The van der Waals surface area contributed by atoms with Gasteiger partial charge in [-0.05, 0) is 19.4 Å². The Morgan fingerprint density at radius 3 is 2.10 bits per heavy atom. The smallest absolute Gasteiger partial charge is 0.0405 e. The standard InChI is InChI=1S/C8H18ClN/c1-5-10-8(4,6-9)7(2)3/h7,10H,5-6H2,1-4H3. The van der Waals surface area contributed by atoms with Crippen LogP contribution < -0.4 is 5.32 Å². The van der Waals surface area contributed by atoms with Crippen LogP contribution >= 0.6 is 11.6 Å². The summed E-state index contributed by atoms with van der Waals surface area (Å²) in [5.74, 6) is 1.27. The Hall–Kier alpha value is 0.250. The minimum atomic E-state index is 0.107. The number of hydrogen-bond acceptors (Lipinski definition) is 1. The van der Waals surface area contributed by atoms with Gasteiger partial charge in [-0.1, -0.05) is 20.8 Å². The van der Waals surface area contributed by atoms with Crippen LogP contribution in [0.1, 0.15) is 27.7 Å². The molecule has 1 atom stereocenters. The quantitative estimate of drug-likeness (QED) is 0.627. The molecule has 0 rings (SSSR count). The second-order valence-electron chi connectivity index (χ2n) is 3.24. The highest BCUT2D eigenvalue weighted by molar-refractivity contribution is 6.18. The molecule has 0 heterocycles. The number of alkyl halides is 1. The van der Waals surface area contributed by atoms with Crippen LogP contribution in [0.5, 0.6) is 0 Å².